The van der Waals surface area contributed by atoms with Crippen LogP contribution in [0.3, 0.4) is 0 Å². The van der Waals surface area contributed by atoms with Crippen molar-refractivity contribution in [2.45, 2.75) is 25.8 Å². The molecule has 0 aromatic heterocycles. The van der Waals surface area contributed by atoms with E-state index in [9.17, 15) is 4.39 Å². The third kappa shape index (κ3) is 3.60. The molecule has 1 aromatic carbocycles. The Labute approximate surface area is 84.6 Å². The number of hydrogen-bond donors (Lipinski definition) is 1. The topological polar surface area (TPSA) is 12.0 Å². The molecule has 1 N–H and O–H groups in total. The Kier molecular flexibility index (Phi) is 4.17. The number of benzene rings is 1. The van der Waals surface area contributed by atoms with Gasteiger partial charge in [-0.1, -0.05) is 12.1 Å². The van der Waals surface area contributed by atoms with Crippen molar-refractivity contribution in [3.63, 3.8) is 0 Å². The molecule has 0 aliphatic rings. The molecule has 0 heterocycles. The van der Waals surface area contributed by atoms with Crippen LogP contribution in [0.15, 0.2) is 36.9 Å². The van der Waals surface area contributed by atoms with Gasteiger partial charge in [-0.2, -0.15) is 0 Å². The van der Waals surface area contributed by atoms with E-state index >= 15 is 0 Å². The first-order chi connectivity index (χ1) is 6.72. The van der Waals surface area contributed by atoms with Crippen LogP contribution in [0, 0.1) is 5.82 Å². The molecule has 0 aliphatic heterocycles. The first-order valence-electron chi connectivity index (χ1n) is 4.85. The van der Waals surface area contributed by atoms with E-state index in [1.54, 1.807) is 6.07 Å². The lowest BCUT2D eigenvalue weighted by Gasteiger charge is -2.13. The van der Waals surface area contributed by atoms with E-state index in [1.807, 2.05) is 12.1 Å². The van der Waals surface area contributed by atoms with E-state index in [0.29, 0.717) is 6.04 Å². The predicted octanol–water partition coefficient (Wildman–Crippen LogP) is 3.59. The lowest BCUT2D eigenvalue weighted by atomic mass is 10.1. The van der Waals surface area contributed by atoms with Gasteiger partial charge < -0.3 is 5.32 Å². The quantitative estimate of drug-likeness (QED) is 0.704. The second-order valence-electron chi connectivity index (χ2n) is 3.42. The average molecular weight is 193 g/mol. The normalized spacial score (nSPS) is 12.1. The summed E-state index contributed by atoms with van der Waals surface area (Å²) in [5, 5.41) is 3.23. The van der Waals surface area contributed by atoms with Crippen molar-refractivity contribution in [1.82, 2.24) is 0 Å². The largest absolute Gasteiger partial charge is 0.382 e. The van der Waals surface area contributed by atoms with E-state index in [0.717, 1.165) is 18.5 Å². The maximum atomic E-state index is 12.8. The zero-order valence-corrected chi connectivity index (χ0v) is 8.46. The van der Waals surface area contributed by atoms with Crippen molar-refractivity contribution < 1.29 is 4.39 Å². The molecular formula is C12H16FN. The van der Waals surface area contributed by atoms with Crippen molar-refractivity contribution in [3.05, 3.63) is 42.7 Å². The lowest BCUT2D eigenvalue weighted by Crippen LogP contribution is -2.14. The number of allylic oxidation sites excluding steroid dienone is 1. The monoisotopic (exact) mass is 193 g/mol. The number of rotatable bonds is 5. The van der Waals surface area contributed by atoms with Crippen LogP contribution in [0.2, 0.25) is 0 Å². The summed E-state index contributed by atoms with van der Waals surface area (Å²) in [7, 11) is 0. The van der Waals surface area contributed by atoms with Crippen LogP contribution in [0.5, 0.6) is 0 Å². The van der Waals surface area contributed by atoms with Gasteiger partial charge in [-0.15, -0.1) is 6.58 Å². The Bertz CT molecular complexity index is 296. The third-order valence-electron chi connectivity index (χ3n) is 2.04. The standard InChI is InChI=1S/C12H16FN/c1-3-4-6-10(2)14-12-8-5-7-11(13)9-12/h3,5,7-10,14H,1,4,6H2,2H3/t10-/m1/s1. The summed E-state index contributed by atoms with van der Waals surface area (Å²) in [5.74, 6) is -0.203. The zero-order valence-electron chi connectivity index (χ0n) is 8.46. The molecule has 0 radical (unpaired) electrons. The van der Waals surface area contributed by atoms with Gasteiger partial charge >= 0.3 is 0 Å². The summed E-state index contributed by atoms with van der Waals surface area (Å²) < 4.78 is 12.8. The molecule has 0 unspecified atom stereocenters. The highest BCUT2D eigenvalue weighted by atomic mass is 19.1. The molecular weight excluding hydrogens is 177 g/mol. The first-order valence-corrected chi connectivity index (χ1v) is 4.85. The van der Waals surface area contributed by atoms with Crippen LogP contribution in [-0.4, -0.2) is 6.04 Å². The average Bonchev–Trinajstić information content (AvgIpc) is 2.15. The van der Waals surface area contributed by atoms with Crippen molar-refractivity contribution in [1.29, 1.82) is 0 Å². The van der Waals surface area contributed by atoms with Crippen LogP contribution in [0.4, 0.5) is 10.1 Å². The molecule has 0 amide bonds. The fourth-order valence-corrected chi connectivity index (χ4v) is 1.30. The van der Waals surface area contributed by atoms with Crippen LogP contribution in [0.25, 0.3) is 0 Å². The SMILES string of the molecule is C=CCC[C@@H](C)Nc1cccc(F)c1. The van der Waals surface area contributed by atoms with Gasteiger partial charge in [-0.25, -0.2) is 4.39 Å². The minimum absolute atomic E-state index is 0.203. The van der Waals surface area contributed by atoms with E-state index in [4.69, 9.17) is 0 Å². The van der Waals surface area contributed by atoms with Gasteiger partial charge in [0.05, 0.1) is 0 Å². The van der Waals surface area contributed by atoms with Crippen molar-refractivity contribution >= 4 is 5.69 Å². The number of nitrogens with one attached hydrogen (secondary N) is 1. The Morgan fingerprint density at radius 3 is 3.00 bits per heavy atom. The number of anilines is 1. The van der Waals surface area contributed by atoms with E-state index in [1.165, 1.54) is 12.1 Å². The number of hydrogen-bond acceptors (Lipinski definition) is 1. The fraction of sp³-hybridized carbons (Fsp3) is 0.333. The van der Waals surface area contributed by atoms with Crippen molar-refractivity contribution in [2.75, 3.05) is 5.32 Å². The highest BCUT2D eigenvalue weighted by Gasteiger charge is 2.00. The maximum absolute atomic E-state index is 12.8. The molecule has 0 bridgehead atoms. The Hall–Kier alpha value is -1.31. The van der Waals surface area contributed by atoms with E-state index in [2.05, 4.69) is 18.8 Å². The highest BCUT2D eigenvalue weighted by molar-refractivity contribution is 5.43. The van der Waals surface area contributed by atoms with Crippen LogP contribution in [0.1, 0.15) is 19.8 Å². The first kappa shape index (κ1) is 10.8. The van der Waals surface area contributed by atoms with Gasteiger partial charge in [-0.05, 0) is 38.0 Å². The molecule has 76 valence electrons. The molecule has 0 saturated heterocycles. The summed E-state index contributed by atoms with van der Waals surface area (Å²) in [6, 6.07) is 6.87. The maximum Gasteiger partial charge on any atom is 0.125 e. The van der Waals surface area contributed by atoms with E-state index < -0.39 is 0 Å². The predicted molar refractivity (Wildman–Crippen MR) is 58.9 cm³/mol. The Balaban J connectivity index is 2.47. The number of halogens is 1. The highest BCUT2D eigenvalue weighted by Crippen LogP contribution is 2.12. The summed E-state index contributed by atoms with van der Waals surface area (Å²) in [5.41, 5.74) is 0.835. The summed E-state index contributed by atoms with van der Waals surface area (Å²) >= 11 is 0. The van der Waals surface area contributed by atoms with Gasteiger partial charge in [0, 0.05) is 11.7 Å². The van der Waals surface area contributed by atoms with Crippen molar-refractivity contribution in [2.24, 2.45) is 0 Å². The van der Waals surface area contributed by atoms with Gasteiger partial charge in [0.1, 0.15) is 5.82 Å². The van der Waals surface area contributed by atoms with Crippen LogP contribution >= 0.6 is 0 Å². The Morgan fingerprint density at radius 2 is 2.36 bits per heavy atom. The van der Waals surface area contributed by atoms with Crippen LogP contribution in [-0.2, 0) is 0 Å². The van der Waals surface area contributed by atoms with Gasteiger partial charge in [0.2, 0.25) is 0 Å². The summed E-state index contributed by atoms with van der Waals surface area (Å²) in [6.45, 7) is 5.74. The summed E-state index contributed by atoms with van der Waals surface area (Å²) in [6.07, 6.45) is 3.88. The minimum Gasteiger partial charge on any atom is -0.382 e. The van der Waals surface area contributed by atoms with Crippen molar-refractivity contribution in [3.8, 4) is 0 Å². The molecule has 0 aliphatic carbocycles. The molecule has 0 spiro atoms. The second kappa shape index (κ2) is 5.43. The van der Waals surface area contributed by atoms with Gasteiger partial charge in [-0.3, -0.25) is 0 Å². The molecule has 2 heteroatoms. The molecule has 1 nitrogen and oxygen atoms in total. The second-order valence-corrected chi connectivity index (χ2v) is 3.42. The third-order valence-corrected chi connectivity index (χ3v) is 2.04. The fourth-order valence-electron chi connectivity index (χ4n) is 1.30. The molecule has 1 rings (SSSR count). The Morgan fingerprint density at radius 1 is 1.57 bits per heavy atom. The van der Waals surface area contributed by atoms with Gasteiger partial charge in [0.15, 0.2) is 0 Å². The zero-order chi connectivity index (χ0) is 10.4. The molecule has 0 fully saturated rings. The minimum atomic E-state index is -0.203. The summed E-state index contributed by atoms with van der Waals surface area (Å²) in [4.78, 5) is 0. The smallest absolute Gasteiger partial charge is 0.125 e. The van der Waals surface area contributed by atoms with Crippen LogP contribution < -0.4 is 5.32 Å². The van der Waals surface area contributed by atoms with Gasteiger partial charge in [0.25, 0.3) is 0 Å². The molecule has 0 saturated carbocycles. The lowest BCUT2D eigenvalue weighted by molar-refractivity contribution is 0.627. The molecule has 1 aromatic rings. The van der Waals surface area contributed by atoms with E-state index in [-0.39, 0.29) is 5.82 Å². The molecule has 14 heavy (non-hydrogen) atoms. The molecule has 1 atom stereocenters.